The molecule has 88 valence electrons. The van der Waals surface area contributed by atoms with E-state index in [1.165, 1.54) is 19.3 Å². The van der Waals surface area contributed by atoms with Crippen LogP contribution in [0, 0.1) is 11.8 Å². The minimum absolute atomic E-state index is 0.0244. The molecule has 0 radical (unpaired) electrons. The highest BCUT2D eigenvalue weighted by atomic mass is 16.7. The van der Waals surface area contributed by atoms with E-state index in [-0.39, 0.29) is 12.4 Å². The van der Waals surface area contributed by atoms with E-state index in [1.54, 1.807) is 7.11 Å². The van der Waals surface area contributed by atoms with Crippen LogP contribution >= 0.6 is 0 Å². The van der Waals surface area contributed by atoms with Crippen molar-refractivity contribution in [1.82, 2.24) is 0 Å². The van der Waals surface area contributed by atoms with Gasteiger partial charge >= 0.3 is 0 Å². The molecule has 0 bridgehead atoms. The van der Waals surface area contributed by atoms with Gasteiger partial charge in [0, 0.05) is 13.0 Å². The van der Waals surface area contributed by atoms with Crippen molar-refractivity contribution in [2.24, 2.45) is 11.8 Å². The molecule has 2 aliphatic rings. The second kappa shape index (κ2) is 5.28. The number of hydrogen-bond acceptors (Lipinski definition) is 3. The maximum absolute atomic E-state index is 5.93. The van der Waals surface area contributed by atoms with Gasteiger partial charge in [0.2, 0.25) is 0 Å². The summed E-state index contributed by atoms with van der Waals surface area (Å²) in [5.41, 5.74) is 0. The van der Waals surface area contributed by atoms with Gasteiger partial charge in [0.05, 0.1) is 19.3 Å². The van der Waals surface area contributed by atoms with E-state index >= 15 is 0 Å². The van der Waals surface area contributed by atoms with Gasteiger partial charge in [-0.25, -0.2) is 0 Å². The molecule has 0 aromatic rings. The Labute approximate surface area is 92.1 Å². The standard InChI is InChI=1S/C12H22O3/c1-9-4-3-5-11(9)12-14-7-6-10(15-12)8-13-2/h9-12H,3-8H2,1-2H3. The molecule has 0 N–H and O–H groups in total. The normalized spacial score (nSPS) is 42.0. The zero-order chi connectivity index (χ0) is 10.7. The summed E-state index contributed by atoms with van der Waals surface area (Å²) in [6.07, 6.45) is 5.13. The second-order valence-corrected chi connectivity index (χ2v) is 4.81. The van der Waals surface area contributed by atoms with Gasteiger partial charge in [-0.15, -0.1) is 0 Å². The van der Waals surface area contributed by atoms with Crippen LogP contribution in [0.3, 0.4) is 0 Å². The van der Waals surface area contributed by atoms with Gasteiger partial charge in [0.15, 0.2) is 6.29 Å². The molecule has 15 heavy (non-hydrogen) atoms. The summed E-state index contributed by atoms with van der Waals surface area (Å²) in [4.78, 5) is 0. The van der Waals surface area contributed by atoms with E-state index in [4.69, 9.17) is 14.2 Å². The van der Waals surface area contributed by atoms with E-state index in [0.29, 0.717) is 12.5 Å². The minimum Gasteiger partial charge on any atom is -0.382 e. The molecule has 1 saturated carbocycles. The quantitative estimate of drug-likeness (QED) is 0.721. The zero-order valence-corrected chi connectivity index (χ0v) is 9.78. The molecule has 1 aliphatic carbocycles. The Kier molecular flexibility index (Phi) is 4.00. The van der Waals surface area contributed by atoms with Crippen LogP contribution in [0.5, 0.6) is 0 Å². The summed E-state index contributed by atoms with van der Waals surface area (Å²) in [5, 5.41) is 0. The maximum Gasteiger partial charge on any atom is 0.161 e. The zero-order valence-electron chi connectivity index (χ0n) is 9.78. The van der Waals surface area contributed by atoms with Gasteiger partial charge in [0.25, 0.3) is 0 Å². The molecule has 2 fully saturated rings. The predicted octanol–water partition coefficient (Wildman–Crippen LogP) is 2.20. The van der Waals surface area contributed by atoms with Gasteiger partial charge in [-0.3, -0.25) is 0 Å². The summed E-state index contributed by atoms with van der Waals surface area (Å²) < 4.78 is 16.8. The Morgan fingerprint density at radius 3 is 2.80 bits per heavy atom. The molecule has 3 nitrogen and oxygen atoms in total. The van der Waals surface area contributed by atoms with Crippen molar-refractivity contribution >= 4 is 0 Å². The first-order chi connectivity index (χ1) is 7.31. The van der Waals surface area contributed by atoms with Crippen molar-refractivity contribution in [3.8, 4) is 0 Å². The molecule has 0 aromatic carbocycles. The lowest BCUT2D eigenvalue weighted by molar-refractivity contribution is -0.246. The van der Waals surface area contributed by atoms with Crippen molar-refractivity contribution in [2.45, 2.75) is 45.0 Å². The first kappa shape index (κ1) is 11.4. The third kappa shape index (κ3) is 2.71. The fourth-order valence-corrected chi connectivity index (χ4v) is 2.72. The number of methoxy groups -OCH3 is 1. The third-order valence-corrected chi connectivity index (χ3v) is 3.68. The van der Waals surface area contributed by atoms with Crippen molar-refractivity contribution in [3.05, 3.63) is 0 Å². The summed E-state index contributed by atoms with van der Waals surface area (Å²) >= 11 is 0. The van der Waals surface area contributed by atoms with Gasteiger partial charge in [0.1, 0.15) is 0 Å². The van der Waals surface area contributed by atoms with Crippen LogP contribution in [0.15, 0.2) is 0 Å². The Bertz CT molecular complexity index is 193. The number of rotatable bonds is 3. The fraction of sp³-hybridized carbons (Fsp3) is 1.00. The second-order valence-electron chi connectivity index (χ2n) is 4.81. The molecular formula is C12H22O3. The first-order valence-electron chi connectivity index (χ1n) is 6.07. The molecule has 0 amide bonds. The SMILES string of the molecule is COCC1CCOC(C2CCCC2C)O1. The number of hydrogen-bond donors (Lipinski definition) is 0. The largest absolute Gasteiger partial charge is 0.382 e. The molecule has 1 aliphatic heterocycles. The fourth-order valence-electron chi connectivity index (χ4n) is 2.72. The topological polar surface area (TPSA) is 27.7 Å². The van der Waals surface area contributed by atoms with Gasteiger partial charge < -0.3 is 14.2 Å². The lowest BCUT2D eigenvalue weighted by Crippen LogP contribution is -2.40. The highest BCUT2D eigenvalue weighted by Crippen LogP contribution is 2.37. The van der Waals surface area contributed by atoms with Crippen LogP contribution in [0.1, 0.15) is 32.6 Å². The molecule has 1 saturated heterocycles. The molecule has 2 rings (SSSR count). The van der Waals surface area contributed by atoms with Crippen LogP contribution in [0.4, 0.5) is 0 Å². The predicted molar refractivity (Wildman–Crippen MR) is 57.6 cm³/mol. The highest BCUT2D eigenvalue weighted by Gasteiger charge is 2.35. The van der Waals surface area contributed by atoms with Crippen molar-refractivity contribution < 1.29 is 14.2 Å². The molecular weight excluding hydrogens is 192 g/mol. The van der Waals surface area contributed by atoms with Crippen molar-refractivity contribution in [3.63, 3.8) is 0 Å². The Hall–Kier alpha value is -0.120. The molecule has 4 unspecified atom stereocenters. The summed E-state index contributed by atoms with van der Waals surface area (Å²) in [5.74, 6) is 1.35. The average Bonchev–Trinajstić information content (AvgIpc) is 2.65. The van der Waals surface area contributed by atoms with E-state index in [2.05, 4.69) is 6.92 Å². The van der Waals surface area contributed by atoms with E-state index in [0.717, 1.165) is 18.9 Å². The number of ether oxygens (including phenoxy) is 3. The maximum atomic E-state index is 5.93. The van der Waals surface area contributed by atoms with E-state index < -0.39 is 0 Å². The molecule has 0 spiro atoms. The lowest BCUT2D eigenvalue weighted by atomic mass is 9.97. The lowest BCUT2D eigenvalue weighted by Gasteiger charge is -2.34. The summed E-state index contributed by atoms with van der Waals surface area (Å²) in [6, 6.07) is 0. The van der Waals surface area contributed by atoms with Crippen LogP contribution in [0.2, 0.25) is 0 Å². The molecule has 1 heterocycles. The Morgan fingerprint density at radius 1 is 1.27 bits per heavy atom. The third-order valence-electron chi connectivity index (χ3n) is 3.68. The Morgan fingerprint density at radius 2 is 2.13 bits per heavy atom. The minimum atomic E-state index is 0.0244. The van der Waals surface area contributed by atoms with Crippen molar-refractivity contribution in [2.75, 3.05) is 20.3 Å². The van der Waals surface area contributed by atoms with Gasteiger partial charge in [-0.05, 0) is 18.8 Å². The summed E-state index contributed by atoms with van der Waals surface area (Å²) in [7, 11) is 1.73. The van der Waals surface area contributed by atoms with E-state index in [9.17, 15) is 0 Å². The van der Waals surface area contributed by atoms with Gasteiger partial charge in [-0.2, -0.15) is 0 Å². The van der Waals surface area contributed by atoms with E-state index in [1.807, 2.05) is 0 Å². The summed E-state index contributed by atoms with van der Waals surface area (Å²) in [6.45, 7) is 3.83. The van der Waals surface area contributed by atoms with Crippen LogP contribution < -0.4 is 0 Å². The molecule has 4 atom stereocenters. The van der Waals surface area contributed by atoms with Crippen LogP contribution in [0.25, 0.3) is 0 Å². The molecule has 3 heteroatoms. The first-order valence-corrected chi connectivity index (χ1v) is 6.07. The van der Waals surface area contributed by atoms with Crippen molar-refractivity contribution in [1.29, 1.82) is 0 Å². The monoisotopic (exact) mass is 214 g/mol. The van der Waals surface area contributed by atoms with Crippen LogP contribution in [-0.4, -0.2) is 32.7 Å². The van der Waals surface area contributed by atoms with Gasteiger partial charge in [-0.1, -0.05) is 19.8 Å². The average molecular weight is 214 g/mol. The molecule has 0 aromatic heterocycles. The Balaban J connectivity index is 1.86. The highest BCUT2D eigenvalue weighted by molar-refractivity contribution is 4.79. The smallest absolute Gasteiger partial charge is 0.161 e. The van der Waals surface area contributed by atoms with Crippen LogP contribution in [-0.2, 0) is 14.2 Å².